The standard InChI is InChI=1S/C48H32N2/c1-3-12-33(13-4-1)35-22-26-39(27-23-35)49-45-20-9-7-18-41(45)43-31-37(24-28-47(43)49)38-25-29-48-44(32-38)42-19-8-10-21-46(42)50(48)40-17-11-16-36(30-40)34-14-5-2-6-15-34/h1-32H/i1D,2D,3D,4D,5D,6D,8D,10D,11D,12D,13D,14D,16D,17D,19D,21D,22D,23D,25D,26D,27D,29D,30D,32D. The second-order valence-corrected chi connectivity index (χ2v) is 11.1. The highest BCUT2D eigenvalue weighted by Gasteiger charge is 2.16. The molecule has 0 N–H and O–H groups in total. The maximum atomic E-state index is 9.82. The molecule has 2 heteroatoms. The van der Waals surface area contributed by atoms with Gasteiger partial charge in [0, 0.05) is 32.9 Å². The first kappa shape index (κ1) is 13.3. The Labute approximate surface area is 324 Å². The van der Waals surface area contributed by atoms with E-state index in [0.29, 0.717) is 16.3 Å². The van der Waals surface area contributed by atoms with Crippen molar-refractivity contribution in [2.75, 3.05) is 0 Å². The van der Waals surface area contributed by atoms with Crippen LogP contribution >= 0.6 is 0 Å². The molecule has 10 aromatic rings. The average Bonchev–Trinajstić information content (AvgIpc) is 3.90. The van der Waals surface area contributed by atoms with Crippen molar-refractivity contribution in [1.29, 1.82) is 0 Å². The second-order valence-electron chi connectivity index (χ2n) is 11.1. The first-order chi connectivity index (χ1) is 34.8. The minimum atomic E-state index is -0.847. The van der Waals surface area contributed by atoms with Gasteiger partial charge in [-0.1, -0.05) is 133 Å². The van der Waals surface area contributed by atoms with Crippen LogP contribution in [0.3, 0.4) is 0 Å². The third-order valence-corrected chi connectivity index (χ3v) is 8.36. The summed E-state index contributed by atoms with van der Waals surface area (Å²) >= 11 is 0. The summed E-state index contributed by atoms with van der Waals surface area (Å²) in [5.41, 5.74) is -3.20. The molecule has 0 fully saturated rings. The predicted octanol–water partition coefficient (Wildman–Crippen LogP) is 12.9. The fourth-order valence-corrected chi connectivity index (χ4v) is 6.16. The maximum absolute atomic E-state index is 9.82. The predicted molar refractivity (Wildman–Crippen MR) is 211 cm³/mol. The van der Waals surface area contributed by atoms with Gasteiger partial charge in [-0.05, 0) is 93.9 Å². The molecular formula is C48H32N2. The van der Waals surface area contributed by atoms with E-state index in [-0.39, 0.29) is 38.7 Å². The summed E-state index contributed by atoms with van der Waals surface area (Å²) in [7, 11) is 0. The Morgan fingerprint density at radius 3 is 1.88 bits per heavy atom. The molecule has 0 saturated heterocycles. The van der Waals surface area contributed by atoms with Crippen LogP contribution in [0, 0.1) is 0 Å². The number of para-hydroxylation sites is 2. The molecule has 0 aliphatic heterocycles. The SMILES string of the molecule is [2H]c1cc(-c2c([2H])c([2H])c([2H])c(-n3c4c([2H])c([2H])c([2H])c([2H])c4c4c([2H])c(-c5ccc6c(c5)c5ccccc5n6-c5c([2H])c([2H])c(-c6c([2H])c([2H])c([2H])c([2H])c6[2H])c([2H])c5[2H])c([2H])c([2H])c43)c2[2H])c([2H])c([2H])c1[2H]. The fraction of sp³-hybridized carbons (Fsp3) is 0. The number of aromatic nitrogens is 2. The quantitative estimate of drug-likeness (QED) is 0.174. The molecule has 0 unspecified atom stereocenters. The Balaban J connectivity index is 1.27. The summed E-state index contributed by atoms with van der Waals surface area (Å²) in [5.74, 6) is 0. The van der Waals surface area contributed by atoms with Crippen LogP contribution in [0.25, 0.3) is 88.4 Å². The van der Waals surface area contributed by atoms with E-state index in [2.05, 4.69) is 0 Å². The molecule has 10 rings (SSSR count). The number of rotatable bonds is 5. The summed E-state index contributed by atoms with van der Waals surface area (Å²) in [4.78, 5) is 0. The monoisotopic (exact) mass is 660 g/mol. The Morgan fingerprint density at radius 1 is 0.320 bits per heavy atom. The topological polar surface area (TPSA) is 9.86 Å². The van der Waals surface area contributed by atoms with Gasteiger partial charge < -0.3 is 9.13 Å². The molecule has 0 radical (unpaired) electrons. The van der Waals surface area contributed by atoms with Gasteiger partial charge in [0.1, 0.15) is 0 Å². The molecule has 0 spiro atoms. The highest BCUT2D eigenvalue weighted by molar-refractivity contribution is 6.12. The van der Waals surface area contributed by atoms with Gasteiger partial charge >= 0.3 is 0 Å². The van der Waals surface area contributed by atoms with Gasteiger partial charge in [0.05, 0.1) is 55.0 Å². The molecular weight excluding hydrogens is 605 g/mol. The lowest BCUT2D eigenvalue weighted by Gasteiger charge is -2.11. The summed E-state index contributed by atoms with van der Waals surface area (Å²) in [6, 6.07) is -4.78. The van der Waals surface area contributed by atoms with E-state index >= 15 is 0 Å². The van der Waals surface area contributed by atoms with Gasteiger partial charge in [-0.2, -0.15) is 0 Å². The van der Waals surface area contributed by atoms with Crippen molar-refractivity contribution in [2.24, 2.45) is 0 Å². The molecule has 0 bridgehead atoms. The van der Waals surface area contributed by atoms with Crippen LogP contribution in [-0.4, -0.2) is 9.13 Å². The molecule has 0 amide bonds. The van der Waals surface area contributed by atoms with Gasteiger partial charge in [-0.3, -0.25) is 0 Å². The van der Waals surface area contributed by atoms with Gasteiger partial charge in [-0.15, -0.1) is 0 Å². The van der Waals surface area contributed by atoms with Crippen molar-refractivity contribution in [3.05, 3.63) is 194 Å². The van der Waals surface area contributed by atoms with Crippen LogP contribution in [0.1, 0.15) is 32.9 Å². The van der Waals surface area contributed by atoms with E-state index in [0.717, 1.165) is 10.6 Å². The van der Waals surface area contributed by atoms with E-state index in [1.165, 1.54) is 16.7 Å². The van der Waals surface area contributed by atoms with Crippen molar-refractivity contribution in [3.8, 4) is 44.8 Å². The minimum absolute atomic E-state index is 0.124. The van der Waals surface area contributed by atoms with E-state index in [1.807, 2.05) is 0 Å². The van der Waals surface area contributed by atoms with Crippen molar-refractivity contribution in [3.63, 3.8) is 0 Å². The van der Waals surface area contributed by atoms with Crippen molar-refractivity contribution < 1.29 is 32.9 Å². The molecule has 0 saturated carbocycles. The summed E-state index contributed by atoms with van der Waals surface area (Å²) in [6.07, 6.45) is 0. The average molecular weight is 661 g/mol. The molecule has 0 aliphatic rings. The Hall–Kier alpha value is -6.64. The Kier molecular flexibility index (Phi) is 3.07. The van der Waals surface area contributed by atoms with E-state index in [4.69, 9.17) is 24.7 Å². The Bertz CT molecular complexity index is 4190. The van der Waals surface area contributed by atoms with Gasteiger partial charge in [-0.25, -0.2) is 0 Å². The highest BCUT2D eigenvalue weighted by Crippen LogP contribution is 2.39. The number of benzene rings is 8. The number of hydrogen-bond donors (Lipinski definition) is 0. The van der Waals surface area contributed by atoms with Gasteiger partial charge in [0.2, 0.25) is 0 Å². The third kappa shape index (κ3) is 4.57. The van der Waals surface area contributed by atoms with Crippen LogP contribution in [0.5, 0.6) is 0 Å². The fourth-order valence-electron chi connectivity index (χ4n) is 6.16. The minimum Gasteiger partial charge on any atom is -0.309 e. The zero-order chi connectivity index (χ0) is 53.9. The first-order valence-electron chi connectivity index (χ1n) is 27.2. The van der Waals surface area contributed by atoms with Crippen LogP contribution in [0.4, 0.5) is 0 Å². The summed E-state index contributed by atoms with van der Waals surface area (Å²) in [6.45, 7) is 0. The largest absolute Gasteiger partial charge is 0.309 e. The summed E-state index contributed by atoms with van der Waals surface area (Å²) in [5, 5.41) is 0.169. The van der Waals surface area contributed by atoms with Crippen LogP contribution < -0.4 is 0 Å². The lowest BCUT2D eigenvalue weighted by Crippen LogP contribution is -1.94. The smallest absolute Gasteiger partial charge is 0.0651 e. The lowest BCUT2D eigenvalue weighted by molar-refractivity contribution is 1.18. The molecule has 2 heterocycles. The van der Waals surface area contributed by atoms with E-state index in [9.17, 15) is 8.22 Å². The van der Waals surface area contributed by atoms with Gasteiger partial charge in [0.15, 0.2) is 0 Å². The number of hydrogen-bond acceptors (Lipinski definition) is 0. The first-order valence-corrected chi connectivity index (χ1v) is 15.2. The van der Waals surface area contributed by atoms with Crippen LogP contribution in [0.15, 0.2) is 194 Å². The van der Waals surface area contributed by atoms with Crippen molar-refractivity contribution in [2.45, 2.75) is 0 Å². The van der Waals surface area contributed by atoms with Crippen LogP contribution in [-0.2, 0) is 0 Å². The number of nitrogens with zero attached hydrogens (tertiary/aromatic N) is 2. The molecule has 8 aromatic carbocycles. The van der Waals surface area contributed by atoms with Crippen molar-refractivity contribution in [1.82, 2.24) is 9.13 Å². The van der Waals surface area contributed by atoms with Gasteiger partial charge in [0.25, 0.3) is 0 Å². The molecule has 2 nitrogen and oxygen atoms in total. The molecule has 50 heavy (non-hydrogen) atoms. The van der Waals surface area contributed by atoms with E-state index in [1.54, 1.807) is 30.3 Å². The third-order valence-electron chi connectivity index (χ3n) is 8.36. The Morgan fingerprint density at radius 2 is 0.980 bits per heavy atom. The normalized spacial score (nSPS) is 18.3. The molecule has 234 valence electrons. The maximum Gasteiger partial charge on any atom is 0.0651 e. The molecule has 0 aliphatic carbocycles. The molecule has 0 atom stereocenters. The number of fused-ring (bicyclic) bond motifs is 6. The summed E-state index contributed by atoms with van der Waals surface area (Å²) < 4.78 is 214. The zero-order valence-electron chi connectivity index (χ0n) is 49.5. The van der Waals surface area contributed by atoms with Crippen molar-refractivity contribution >= 4 is 43.6 Å². The van der Waals surface area contributed by atoms with E-state index < -0.39 is 178 Å². The second kappa shape index (κ2) is 11.5. The molecule has 2 aromatic heterocycles. The highest BCUT2D eigenvalue weighted by atomic mass is 15.0. The van der Waals surface area contributed by atoms with Crippen LogP contribution in [0.2, 0.25) is 0 Å². The lowest BCUT2D eigenvalue weighted by atomic mass is 10.0. The zero-order valence-corrected chi connectivity index (χ0v) is 25.5.